The van der Waals surface area contributed by atoms with E-state index in [4.69, 9.17) is 17.2 Å². The fraction of sp³-hybridized carbons (Fsp3) is 0.143. The fourth-order valence-corrected chi connectivity index (χ4v) is 2.40. The third kappa shape index (κ3) is 2.77. The van der Waals surface area contributed by atoms with Crippen molar-refractivity contribution < 1.29 is 4.79 Å². The molecule has 1 unspecified atom stereocenters. The van der Waals surface area contributed by atoms with Crippen LogP contribution in [0.1, 0.15) is 21.7 Å². The summed E-state index contributed by atoms with van der Waals surface area (Å²) in [4.78, 5) is 24.0. The van der Waals surface area contributed by atoms with Crippen LogP contribution >= 0.6 is 0 Å². The van der Waals surface area contributed by atoms with Crippen molar-refractivity contribution in [2.75, 3.05) is 0 Å². The van der Waals surface area contributed by atoms with Gasteiger partial charge in [0.25, 0.3) is 11.7 Å². The van der Waals surface area contributed by atoms with Gasteiger partial charge in [-0.3, -0.25) is 10.5 Å². The van der Waals surface area contributed by atoms with Crippen LogP contribution in [0, 0.1) is 0 Å². The largest absolute Gasteiger partial charge is 0.370 e. The lowest BCUT2D eigenvalue weighted by Gasteiger charge is -2.26. The first-order valence-corrected chi connectivity index (χ1v) is 6.83. The van der Waals surface area contributed by atoms with Gasteiger partial charge in [-0.1, -0.05) is 30.3 Å². The van der Waals surface area contributed by atoms with Gasteiger partial charge in [-0.05, 0) is 5.56 Å². The first-order valence-electron chi connectivity index (χ1n) is 6.83. The molecule has 0 saturated heterocycles. The number of benzene rings is 1. The van der Waals surface area contributed by atoms with Crippen LogP contribution in [0.15, 0.2) is 46.6 Å². The van der Waals surface area contributed by atoms with E-state index in [-0.39, 0.29) is 17.3 Å². The van der Waals surface area contributed by atoms with E-state index < -0.39 is 11.7 Å². The molecule has 0 fully saturated rings. The molecule has 1 aromatic carbocycles. The number of primary amides is 1. The summed E-state index contributed by atoms with van der Waals surface area (Å²) in [5, 5.41) is 2.63. The van der Waals surface area contributed by atoms with Gasteiger partial charge in [0.05, 0.1) is 12.7 Å². The molecule has 9 heteroatoms. The Hall–Kier alpha value is -3.20. The summed E-state index contributed by atoms with van der Waals surface area (Å²) in [6.07, 6.45) is 2.81. The molecule has 2 heterocycles. The van der Waals surface area contributed by atoms with Crippen LogP contribution in [-0.4, -0.2) is 27.8 Å². The molecule has 1 aliphatic rings. The minimum absolute atomic E-state index is 0.0130. The van der Waals surface area contributed by atoms with E-state index in [1.165, 1.54) is 12.7 Å². The first-order chi connectivity index (χ1) is 11.0. The molecular weight excluding hydrogens is 296 g/mol. The molecule has 2 aromatic rings. The number of guanidine groups is 1. The predicted octanol–water partition coefficient (Wildman–Crippen LogP) is -0.954. The van der Waals surface area contributed by atoms with Crippen LogP contribution in [0.2, 0.25) is 0 Å². The van der Waals surface area contributed by atoms with Crippen molar-refractivity contribution >= 4 is 18.2 Å². The normalized spacial score (nSPS) is 20.0. The van der Waals surface area contributed by atoms with Gasteiger partial charge in [0.2, 0.25) is 0 Å². The van der Waals surface area contributed by atoms with Crippen LogP contribution in [0.25, 0.3) is 0 Å². The molecular formula is C14H16N8O. The molecule has 0 radical (unpaired) electrons. The summed E-state index contributed by atoms with van der Waals surface area (Å²) in [5.74, 6) is -2.19. The summed E-state index contributed by atoms with van der Waals surface area (Å²) in [5.41, 5.74) is 18.6. The van der Waals surface area contributed by atoms with Gasteiger partial charge in [0, 0.05) is 6.54 Å². The molecule has 118 valence electrons. The predicted molar refractivity (Wildman–Crippen MR) is 85.4 cm³/mol. The number of hydrogen-bond acceptors (Lipinski definition) is 7. The number of hydrogen-bond donors (Lipinski definition) is 4. The van der Waals surface area contributed by atoms with Crippen molar-refractivity contribution in [1.82, 2.24) is 14.9 Å². The number of nitrogens with two attached hydrogens (primary N) is 3. The molecule has 0 aliphatic carbocycles. The number of imidazole rings is 1. The maximum Gasteiger partial charge on any atom is 0.269 e. The molecule has 9 nitrogen and oxygen atoms in total. The highest BCUT2D eigenvalue weighted by Crippen LogP contribution is 2.26. The molecule has 23 heavy (non-hydrogen) atoms. The third-order valence-electron chi connectivity index (χ3n) is 3.38. The zero-order chi connectivity index (χ0) is 16.4. The Morgan fingerprint density at radius 2 is 2.04 bits per heavy atom. The summed E-state index contributed by atoms with van der Waals surface area (Å²) in [6.45, 7) is 0.438. The van der Waals surface area contributed by atoms with Crippen LogP contribution in [-0.2, 0) is 12.3 Å². The topological polar surface area (TPSA) is 150 Å². The number of aliphatic imine (C=N–C) groups is 2. The highest BCUT2D eigenvalue weighted by Gasteiger charge is 2.36. The second-order valence-corrected chi connectivity index (χ2v) is 5.05. The van der Waals surface area contributed by atoms with E-state index in [9.17, 15) is 4.79 Å². The monoisotopic (exact) mass is 312 g/mol. The number of amides is 1. The number of carbonyl (C=O) groups excluding carboxylic acids is 1. The van der Waals surface area contributed by atoms with Gasteiger partial charge in [-0.25, -0.2) is 15.0 Å². The Morgan fingerprint density at radius 3 is 2.70 bits per heavy atom. The molecule has 0 saturated carbocycles. The zero-order valence-electron chi connectivity index (χ0n) is 12.2. The SMILES string of the molecule is NC(=O)c1ncn(Cc2ccccc2)c1C1(N)N=CNC(N)=N1. The van der Waals surface area contributed by atoms with E-state index in [1.54, 1.807) is 4.57 Å². The average Bonchev–Trinajstić information content (AvgIpc) is 2.93. The van der Waals surface area contributed by atoms with Crippen LogP contribution in [0.4, 0.5) is 0 Å². The van der Waals surface area contributed by atoms with E-state index in [2.05, 4.69) is 20.3 Å². The summed E-state index contributed by atoms with van der Waals surface area (Å²) >= 11 is 0. The Bertz CT molecular complexity index is 794. The molecule has 3 rings (SSSR count). The van der Waals surface area contributed by atoms with Crippen LogP contribution in [0.3, 0.4) is 0 Å². The lowest BCUT2D eigenvalue weighted by molar-refractivity contribution is 0.0993. The maximum absolute atomic E-state index is 11.7. The molecule has 1 aliphatic heterocycles. The number of rotatable bonds is 4. The Morgan fingerprint density at radius 1 is 1.30 bits per heavy atom. The van der Waals surface area contributed by atoms with E-state index >= 15 is 0 Å². The smallest absolute Gasteiger partial charge is 0.269 e. The van der Waals surface area contributed by atoms with Crippen molar-refractivity contribution in [2.24, 2.45) is 27.2 Å². The molecule has 1 aromatic heterocycles. The fourth-order valence-electron chi connectivity index (χ4n) is 2.40. The third-order valence-corrected chi connectivity index (χ3v) is 3.38. The molecule has 1 amide bonds. The quantitative estimate of drug-likeness (QED) is 0.573. The lowest BCUT2D eigenvalue weighted by Crippen LogP contribution is -2.46. The average molecular weight is 312 g/mol. The minimum atomic E-state index is -1.56. The van der Waals surface area contributed by atoms with Crippen molar-refractivity contribution in [1.29, 1.82) is 0 Å². The standard InChI is InChI=1S/C14H16N8O/c15-12(23)10-11(14(17)20-7-18-13(16)21-14)22(8-19-10)6-9-4-2-1-3-5-9/h1-5,7-8H,6,17H2,(H2,15,23)(H3,16,18,20,21). The van der Waals surface area contributed by atoms with Crippen molar-refractivity contribution in [3.05, 3.63) is 53.6 Å². The van der Waals surface area contributed by atoms with Gasteiger partial charge < -0.3 is 21.4 Å². The van der Waals surface area contributed by atoms with Crippen LogP contribution in [0.5, 0.6) is 0 Å². The molecule has 0 bridgehead atoms. The maximum atomic E-state index is 11.7. The number of carbonyl (C=O) groups is 1. The Kier molecular flexibility index (Phi) is 3.54. The summed E-state index contributed by atoms with van der Waals surface area (Å²) in [7, 11) is 0. The lowest BCUT2D eigenvalue weighted by atomic mass is 10.1. The zero-order valence-corrected chi connectivity index (χ0v) is 12.2. The van der Waals surface area contributed by atoms with Crippen molar-refractivity contribution in [2.45, 2.75) is 12.3 Å². The van der Waals surface area contributed by atoms with E-state index in [0.717, 1.165) is 5.56 Å². The van der Waals surface area contributed by atoms with Gasteiger partial charge in [0.1, 0.15) is 5.69 Å². The Labute approximate surface area is 131 Å². The van der Waals surface area contributed by atoms with E-state index in [0.29, 0.717) is 6.54 Å². The Balaban J connectivity index is 2.10. The number of aromatic nitrogens is 2. The molecule has 1 atom stereocenters. The number of nitrogens with one attached hydrogen (secondary N) is 1. The second kappa shape index (κ2) is 5.54. The van der Waals surface area contributed by atoms with Gasteiger partial charge >= 0.3 is 0 Å². The highest BCUT2D eigenvalue weighted by molar-refractivity contribution is 5.94. The van der Waals surface area contributed by atoms with Gasteiger partial charge in [-0.15, -0.1) is 0 Å². The molecule has 7 N–H and O–H groups in total. The van der Waals surface area contributed by atoms with Crippen molar-refractivity contribution in [3.8, 4) is 0 Å². The summed E-state index contributed by atoms with van der Waals surface area (Å²) in [6, 6.07) is 9.63. The number of nitrogens with zero attached hydrogens (tertiary/aromatic N) is 4. The van der Waals surface area contributed by atoms with Gasteiger partial charge in [0.15, 0.2) is 11.7 Å². The van der Waals surface area contributed by atoms with Gasteiger partial charge in [-0.2, -0.15) is 0 Å². The molecule has 0 spiro atoms. The van der Waals surface area contributed by atoms with Crippen LogP contribution < -0.4 is 22.5 Å². The van der Waals surface area contributed by atoms with Crippen molar-refractivity contribution in [3.63, 3.8) is 0 Å². The first kappa shape index (κ1) is 14.7. The highest BCUT2D eigenvalue weighted by atomic mass is 16.1. The second-order valence-electron chi connectivity index (χ2n) is 5.05. The summed E-state index contributed by atoms with van der Waals surface area (Å²) < 4.78 is 1.69. The minimum Gasteiger partial charge on any atom is -0.370 e. The van der Waals surface area contributed by atoms with E-state index in [1.807, 2.05) is 30.3 Å².